The molecule has 0 bridgehead atoms. The lowest BCUT2D eigenvalue weighted by Gasteiger charge is -2.10. The molecule has 0 saturated carbocycles. The van der Waals surface area contributed by atoms with Crippen LogP contribution in [0.3, 0.4) is 0 Å². The van der Waals surface area contributed by atoms with E-state index >= 15 is 0 Å². The molecule has 0 fully saturated rings. The molecule has 9 heteroatoms. The molecule has 0 aliphatic carbocycles. The molecule has 2 aromatic heterocycles. The molecule has 3 rings (SSSR count). The minimum absolute atomic E-state index is 0. The second kappa shape index (κ2) is 7.90. The van der Waals surface area contributed by atoms with Crippen LogP contribution in [0, 0.1) is 0 Å². The SMILES string of the molecule is CNc1nccn1Cc1ncn(-c2ccc(Cl)c(Cl)c2)c1CO.Cl. The maximum atomic E-state index is 9.77. The van der Waals surface area contributed by atoms with Crippen LogP contribution < -0.4 is 5.32 Å². The summed E-state index contributed by atoms with van der Waals surface area (Å²) < 4.78 is 3.72. The van der Waals surface area contributed by atoms with Crippen molar-refractivity contribution in [3.05, 3.63) is 58.4 Å². The molecule has 0 unspecified atom stereocenters. The number of anilines is 1. The number of hydrogen-bond acceptors (Lipinski definition) is 4. The van der Waals surface area contributed by atoms with Gasteiger partial charge >= 0.3 is 0 Å². The van der Waals surface area contributed by atoms with Gasteiger partial charge in [0.15, 0.2) is 0 Å². The van der Waals surface area contributed by atoms with Crippen molar-refractivity contribution < 1.29 is 5.11 Å². The maximum Gasteiger partial charge on any atom is 0.202 e. The number of aromatic nitrogens is 4. The van der Waals surface area contributed by atoms with Crippen LogP contribution in [-0.2, 0) is 13.2 Å². The number of aliphatic hydroxyl groups is 1. The molecule has 2 N–H and O–H groups in total. The van der Waals surface area contributed by atoms with Crippen LogP contribution in [-0.4, -0.2) is 31.3 Å². The molecule has 3 aromatic rings. The van der Waals surface area contributed by atoms with Crippen LogP contribution in [0.2, 0.25) is 10.0 Å². The van der Waals surface area contributed by atoms with Crippen molar-refractivity contribution in [1.82, 2.24) is 19.1 Å². The molecule has 0 radical (unpaired) electrons. The number of nitrogens with one attached hydrogen (secondary N) is 1. The van der Waals surface area contributed by atoms with E-state index in [0.717, 1.165) is 17.3 Å². The highest BCUT2D eigenvalue weighted by molar-refractivity contribution is 6.42. The summed E-state index contributed by atoms with van der Waals surface area (Å²) in [6, 6.07) is 5.29. The molecule has 0 atom stereocenters. The summed E-state index contributed by atoms with van der Waals surface area (Å²) >= 11 is 12.0. The van der Waals surface area contributed by atoms with E-state index in [2.05, 4.69) is 15.3 Å². The molecule has 0 aliphatic rings. The summed E-state index contributed by atoms with van der Waals surface area (Å²) in [4.78, 5) is 8.61. The van der Waals surface area contributed by atoms with E-state index in [-0.39, 0.29) is 19.0 Å². The van der Waals surface area contributed by atoms with Crippen molar-refractivity contribution in [2.45, 2.75) is 13.2 Å². The Kier molecular flexibility index (Phi) is 6.12. The zero-order valence-electron chi connectivity index (χ0n) is 12.8. The fraction of sp³-hybridized carbons (Fsp3) is 0.200. The van der Waals surface area contributed by atoms with Gasteiger partial charge in [0.05, 0.1) is 40.9 Å². The Morgan fingerprint density at radius 2 is 2.00 bits per heavy atom. The third-order valence-electron chi connectivity index (χ3n) is 3.54. The van der Waals surface area contributed by atoms with Crippen LogP contribution in [0.25, 0.3) is 5.69 Å². The first-order valence-corrected chi connectivity index (χ1v) is 7.70. The summed E-state index contributed by atoms with van der Waals surface area (Å²) in [5, 5.41) is 13.7. The van der Waals surface area contributed by atoms with Gasteiger partial charge in [0.1, 0.15) is 0 Å². The number of benzene rings is 1. The lowest BCUT2D eigenvalue weighted by atomic mass is 10.2. The monoisotopic (exact) mass is 387 g/mol. The third-order valence-corrected chi connectivity index (χ3v) is 4.28. The summed E-state index contributed by atoms with van der Waals surface area (Å²) in [6.07, 6.45) is 5.22. The Hall–Kier alpha value is -1.73. The molecule has 0 amide bonds. The predicted molar refractivity (Wildman–Crippen MR) is 97.6 cm³/mol. The van der Waals surface area contributed by atoms with Gasteiger partial charge in [-0.25, -0.2) is 9.97 Å². The fourth-order valence-electron chi connectivity index (χ4n) is 2.39. The first kappa shape index (κ1) is 18.6. The number of rotatable bonds is 5. The summed E-state index contributed by atoms with van der Waals surface area (Å²) in [6.45, 7) is 0.361. The van der Waals surface area contributed by atoms with Crippen molar-refractivity contribution in [2.75, 3.05) is 12.4 Å². The first-order chi connectivity index (χ1) is 11.1. The number of hydrogen-bond donors (Lipinski definition) is 2. The highest BCUT2D eigenvalue weighted by Crippen LogP contribution is 2.26. The number of halogens is 3. The summed E-state index contributed by atoms with van der Waals surface area (Å²) in [5.41, 5.74) is 2.24. The van der Waals surface area contributed by atoms with Crippen LogP contribution in [0.1, 0.15) is 11.4 Å². The summed E-state index contributed by atoms with van der Waals surface area (Å²) in [5.74, 6) is 0.734. The van der Waals surface area contributed by atoms with Crippen molar-refractivity contribution in [3.63, 3.8) is 0 Å². The lowest BCUT2D eigenvalue weighted by Crippen LogP contribution is -2.08. The Bertz CT molecular complexity index is 830. The normalized spacial score (nSPS) is 10.5. The maximum absolute atomic E-state index is 9.77. The average molecular weight is 389 g/mol. The van der Waals surface area contributed by atoms with Crippen molar-refractivity contribution in [3.8, 4) is 5.69 Å². The second-order valence-corrected chi connectivity index (χ2v) is 5.71. The largest absolute Gasteiger partial charge is 0.390 e. The smallest absolute Gasteiger partial charge is 0.202 e. The first-order valence-electron chi connectivity index (χ1n) is 6.94. The number of imidazole rings is 2. The molecule has 0 spiro atoms. The van der Waals surface area contributed by atoms with Crippen LogP contribution in [0.5, 0.6) is 0 Å². The predicted octanol–water partition coefficient (Wildman–Crippen LogP) is 3.38. The van der Waals surface area contributed by atoms with E-state index in [1.54, 1.807) is 36.3 Å². The topological polar surface area (TPSA) is 67.9 Å². The molecule has 24 heavy (non-hydrogen) atoms. The minimum Gasteiger partial charge on any atom is -0.390 e. The molecular weight excluding hydrogens is 373 g/mol. The average Bonchev–Trinajstić information content (AvgIpc) is 3.16. The van der Waals surface area contributed by atoms with Gasteiger partial charge in [-0.2, -0.15) is 0 Å². The second-order valence-electron chi connectivity index (χ2n) is 4.89. The molecule has 0 saturated heterocycles. The third kappa shape index (κ3) is 3.52. The Balaban J connectivity index is 0.00000208. The Labute approximate surface area is 155 Å². The quantitative estimate of drug-likeness (QED) is 0.703. The lowest BCUT2D eigenvalue weighted by molar-refractivity contribution is 0.273. The number of nitrogens with zero attached hydrogens (tertiary/aromatic N) is 4. The van der Waals surface area contributed by atoms with Gasteiger partial charge in [-0.1, -0.05) is 23.2 Å². The van der Waals surface area contributed by atoms with Crippen LogP contribution in [0.4, 0.5) is 5.95 Å². The van der Waals surface area contributed by atoms with Crippen molar-refractivity contribution in [1.29, 1.82) is 0 Å². The highest BCUT2D eigenvalue weighted by atomic mass is 35.5. The van der Waals surface area contributed by atoms with E-state index in [1.165, 1.54) is 0 Å². The molecular formula is C15H16Cl3N5O. The molecule has 0 aliphatic heterocycles. The van der Waals surface area contributed by atoms with Gasteiger partial charge in [-0.05, 0) is 18.2 Å². The van der Waals surface area contributed by atoms with E-state index in [9.17, 15) is 5.11 Å². The molecule has 1 aromatic carbocycles. The van der Waals surface area contributed by atoms with Crippen LogP contribution >= 0.6 is 35.6 Å². The van der Waals surface area contributed by atoms with Gasteiger partial charge in [0.25, 0.3) is 0 Å². The van der Waals surface area contributed by atoms with Gasteiger partial charge in [0, 0.05) is 25.1 Å². The highest BCUT2D eigenvalue weighted by Gasteiger charge is 2.14. The molecule has 2 heterocycles. The van der Waals surface area contributed by atoms with Gasteiger partial charge in [-0.15, -0.1) is 12.4 Å². The van der Waals surface area contributed by atoms with E-state index in [4.69, 9.17) is 23.2 Å². The van der Waals surface area contributed by atoms with Crippen molar-refractivity contribution >= 4 is 41.6 Å². The van der Waals surface area contributed by atoms with Crippen molar-refractivity contribution in [2.24, 2.45) is 0 Å². The van der Waals surface area contributed by atoms with Gasteiger partial charge in [-0.3, -0.25) is 0 Å². The Morgan fingerprint density at radius 1 is 1.21 bits per heavy atom. The fourth-order valence-corrected chi connectivity index (χ4v) is 2.69. The van der Waals surface area contributed by atoms with E-state index < -0.39 is 0 Å². The zero-order valence-corrected chi connectivity index (χ0v) is 15.1. The van der Waals surface area contributed by atoms with Gasteiger partial charge in [0.2, 0.25) is 5.95 Å². The summed E-state index contributed by atoms with van der Waals surface area (Å²) in [7, 11) is 1.81. The van der Waals surface area contributed by atoms with E-state index in [0.29, 0.717) is 22.3 Å². The van der Waals surface area contributed by atoms with E-state index in [1.807, 2.05) is 16.8 Å². The zero-order chi connectivity index (χ0) is 16.4. The number of aliphatic hydroxyl groups excluding tert-OH is 1. The standard InChI is InChI=1S/C15H15Cl2N5O.ClH/c1-18-15-19-4-5-21(15)7-13-14(8-23)22(9-20-13)10-2-3-11(16)12(17)6-10;/h2-6,9,23H,7-8H2,1H3,(H,18,19);1H. The molecule has 6 nitrogen and oxygen atoms in total. The van der Waals surface area contributed by atoms with Crippen LogP contribution in [0.15, 0.2) is 36.9 Å². The Morgan fingerprint density at radius 3 is 2.67 bits per heavy atom. The molecule has 128 valence electrons. The minimum atomic E-state index is -0.140. The van der Waals surface area contributed by atoms with Gasteiger partial charge < -0.3 is 19.6 Å².